The number of sulfonamides is 1. The number of nitrogens with zero attached hydrogens (tertiary/aromatic N) is 2. The molecule has 0 spiro atoms. The van der Waals surface area contributed by atoms with Gasteiger partial charge in [-0.3, -0.25) is 0 Å². The molecule has 0 saturated heterocycles. The van der Waals surface area contributed by atoms with Gasteiger partial charge in [0.15, 0.2) is 0 Å². The molecule has 0 aliphatic heterocycles. The number of hydrogen-bond donors (Lipinski definition) is 0. The smallest absolute Gasteiger partial charge is 0.243 e. The molecule has 1 aromatic carbocycles. The third-order valence-electron chi connectivity index (χ3n) is 3.01. The number of halogens is 1. The van der Waals surface area contributed by atoms with E-state index in [0.717, 1.165) is 5.56 Å². The van der Waals surface area contributed by atoms with E-state index in [-0.39, 0.29) is 0 Å². The van der Waals surface area contributed by atoms with Gasteiger partial charge >= 0.3 is 0 Å². The van der Waals surface area contributed by atoms with Crippen LogP contribution in [0.1, 0.15) is 11.1 Å². The topological polar surface area (TPSA) is 40.6 Å². The van der Waals surface area contributed by atoms with E-state index in [4.69, 9.17) is 11.6 Å². The van der Waals surface area contributed by atoms with Crippen molar-refractivity contribution < 1.29 is 8.42 Å². The molecule has 0 aliphatic rings. The first-order valence-corrected chi connectivity index (χ1v) is 7.86. The second kappa shape index (κ2) is 6.22. The molecule has 19 heavy (non-hydrogen) atoms. The fraction of sp³-hybridized carbons (Fsp3) is 0.538. The first-order chi connectivity index (χ1) is 8.66. The summed E-state index contributed by atoms with van der Waals surface area (Å²) in [6.07, 6.45) is 0. The van der Waals surface area contributed by atoms with Crippen LogP contribution in [-0.2, 0) is 10.0 Å². The summed E-state index contributed by atoms with van der Waals surface area (Å²) < 4.78 is 26.4. The van der Waals surface area contributed by atoms with Gasteiger partial charge < -0.3 is 4.90 Å². The molecule has 0 unspecified atom stereocenters. The summed E-state index contributed by atoms with van der Waals surface area (Å²) in [6, 6.07) is 3.34. The molecule has 0 atom stereocenters. The van der Waals surface area contributed by atoms with E-state index in [1.165, 1.54) is 4.31 Å². The third kappa shape index (κ3) is 3.92. The molecular formula is C13H21ClN2O2S. The highest BCUT2D eigenvalue weighted by Crippen LogP contribution is 2.25. The first-order valence-electron chi connectivity index (χ1n) is 6.04. The molecule has 4 nitrogen and oxygen atoms in total. The lowest BCUT2D eigenvalue weighted by atomic mass is 10.2. The summed E-state index contributed by atoms with van der Waals surface area (Å²) in [6.45, 7) is 4.70. The SMILES string of the molecule is Cc1cc(S(=O)(=O)N(C)CCN(C)C)c(C)cc1Cl. The molecule has 0 N–H and O–H groups in total. The zero-order valence-corrected chi connectivity index (χ0v) is 13.6. The fourth-order valence-corrected chi connectivity index (χ4v) is 3.33. The number of aryl methyl sites for hydroxylation is 2. The molecule has 108 valence electrons. The predicted octanol–water partition coefficient (Wildman–Crippen LogP) is 2.14. The maximum Gasteiger partial charge on any atom is 0.243 e. The molecule has 0 amide bonds. The Morgan fingerprint density at radius 1 is 1.05 bits per heavy atom. The second-order valence-electron chi connectivity index (χ2n) is 5.00. The standard InChI is InChI=1S/C13H21ClN2O2S/c1-10-9-13(11(2)8-12(10)14)19(17,18)16(5)7-6-15(3)4/h8-9H,6-7H2,1-5H3. The van der Waals surface area contributed by atoms with Gasteiger partial charge in [0.2, 0.25) is 10.0 Å². The number of hydrogen-bond acceptors (Lipinski definition) is 3. The van der Waals surface area contributed by atoms with Crippen molar-refractivity contribution in [1.82, 2.24) is 9.21 Å². The van der Waals surface area contributed by atoms with Crippen molar-refractivity contribution in [3.05, 3.63) is 28.3 Å². The van der Waals surface area contributed by atoms with Gasteiger partial charge in [-0.2, -0.15) is 4.31 Å². The van der Waals surface area contributed by atoms with E-state index in [9.17, 15) is 8.42 Å². The van der Waals surface area contributed by atoms with Gasteiger partial charge in [0.1, 0.15) is 0 Å². The lowest BCUT2D eigenvalue weighted by molar-refractivity contribution is 0.358. The minimum Gasteiger partial charge on any atom is -0.308 e. The van der Waals surface area contributed by atoms with Crippen LogP contribution in [0.2, 0.25) is 5.02 Å². The summed E-state index contributed by atoms with van der Waals surface area (Å²) in [5, 5.41) is 0.590. The van der Waals surface area contributed by atoms with Crippen LogP contribution in [0.3, 0.4) is 0 Å². The zero-order valence-electron chi connectivity index (χ0n) is 12.1. The van der Waals surface area contributed by atoms with E-state index >= 15 is 0 Å². The monoisotopic (exact) mass is 304 g/mol. The van der Waals surface area contributed by atoms with Gasteiger partial charge in [-0.1, -0.05) is 11.6 Å². The minimum absolute atomic E-state index is 0.329. The largest absolute Gasteiger partial charge is 0.308 e. The Morgan fingerprint density at radius 2 is 1.63 bits per heavy atom. The first kappa shape index (κ1) is 16.4. The maximum atomic E-state index is 12.5. The second-order valence-corrected chi connectivity index (χ2v) is 7.42. The molecule has 0 bridgehead atoms. The molecular weight excluding hydrogens is 284 g/mol. The highest BCUT2D eigenvalue weighted by atomic mass is 35.5. The van der Waals surface area contributed by atoms with Crippen LogP contribution in [0, 0.1) is 13.8 Å². The van der Waals surface area contributed by atoms with Crippen LogP contribution in [0.5, 0.6) is 0 Å². The molecule has 1 rings (SSSR count). The summed E-state index contributed by atoms with van der Waals surface area (Å²) in [5.74, 6) is 0. The van der Waals surface area contributed by atoms with E-state index in [2.05, 4.69) is 0 Å². The fourth-order valence-electron chi connectivity index (χ4n) is 1.66. The Balaban J connectivity index is 3.10. The predicted molar refractivity (Wildman–Crippen MR) is 79.3 cm³/mol. The Morgan fingerprint density at radius 3 is 2.16 bits per heavy atom. The van der Waals surface area contributed by atoms with Crippen molar-refractivity contribution in [2.75, 3.05) is 34.2 Å². The lowest BCUT2D eigenvalue weighted by Gasteiger charge is -2.21. The normalized spacial score (nSPS) is 12.4. The molecule has 1 aromatic rings. The summed E-state index contributed by atoms with van der Waals surface area (Å²) in [5.41, 5.74) is 1.44. The quantitative estimate of drug-likeness (QED) is 0.837. The van der Waals surface area contributed by atoms with Crippen molar-refractivity contribution >= 4 is 21.6 Å². The van der Waals surface area contributed by atoms with E-state index in [1.807, 2.05) is 19.0 Å². The van der Waals surface area contributed by atoms with Gasteiger partial charge in [0, 0.05) is 25.2 Å². The van der Waals surface area contributed by atoms with Crippen LogP contribution in [-0.4, -0.2) is 51.9 Å². The van der Waals surface area contributed by atoms with Crippen LogP contribution in [0.15, 0.2) is 17.0 Å². The molecule has 0 heterocycles. The molecule has 0 saturated carbocycles. The summed E-state index contributed by atoms with van der Waals surface area (Å²) in [7, 11) is 1.97. The Bertz CT molecular complexity index is 556. The molecule has 0 aliphatic carbocycles. The highest BCUT2D eigenvalue weighted by molar-refractivity contribution is 7.89. The van der Waals surface area contributed by atoms with Crippen molar-refractivity contribution in [2.24, 2.45) is 0 Å². The maximum absolute atomic E-state index is 12.5. The van der Waals surface area contributed by atoms with E-state index in [0.29, 0.717) is 28.6 Å². The minimum atomic E-state index is -3.46. The van der Waals surface area contributed by atoms with Gasteiger partial charge in [0.25, 0.3) is 0 Å². The molecule has 0 radical (unpaired) electrons. The summed E-state index contributed by atoms with van der Waals surface area (Å²) >= 11 is 6.00. The number of likely N-dealkylation sites (N-methyl/N-ethyl adjacent to an activating group) is 2. The average Bonchev–Trinajstić information content (AvgIpc) is 2.30. The van der Waals surface area contributed by atoms with Crippen LogP contribution < -0.4 is 0 Å². The Labute approximate surface area is 121 Å². The average molecular weight is 305 g/mol. The summed E-state index contributed by atoms with van der Waals surface area (Å²) in [4.78, 5) is 2.28. The molecule has 0 fully saturated rings. The number of rotatable bonds is 5. The number of benzene rings is 1. The highest BCUT2D eigenvalue weighted by Gasteiger charge is 2.23. The Kier molecular flexibility index (Phi) is 5.38. The van der Waals surface area contributed by atoms with Crippen molar-refractivity contribution in [2.45, 2.75) is 18.7 Å². The van der Waals surface area contributed by atoms with Crippen LogP contribution in [0.4, 0.5) is 0 Å². The van der Waals surface area contributed by atoms with Crippen molar-refractivity contribution in [1.29, 1.82) is 0 Å². The zero-order chi connectivity index (χ0) is 14.8. The van der Waals surface area contributed by atoms with Crippen molar-refractivity contribution in [3.63, 3.8) is 0 Å². The van der Waals surface area contributed by atoms with Crippen LogP contribution in [0.25, 0.3) is 0 Å². The lowest BCUT2D eigenvalue weighted by Crippen LogP contribution is -2.33. The van der Waals surface area contributed by atoms with E-state index in [1.54, 1.807) is 33.0 Å². The molecule has 0 aromatic heterocycles. The van der Waals surface area contributed by atoms with Gasteiger partial charge in [-0.15, -0.1) is 0 Å². The Hall–Kier alpha value is -0.620. The van der Waals surface area contributed by atoms with E-state index < -0.39 is 10.0 Å². The molecule has 6 heteroatoms. The van der Waals surface area contributed by atoms with Crippen molar-refractivity contribution in [3.8, 4) is 0 Å². The van der Waals surface area contributed by atoms with Crippen LogP contribution >= 0.6 is 11.6 Å². The van der Waals surface area contributed by atoms with Gasteiger partial charge in [0.05, 0.1) is 4.90 Å². The third-order valence-corrected chi connectivity index (χ3v) is 5.41. The van der Waals surface area contributed by atoms with Gasteiger partial charge in [-0.05, 0) is 51.2 Å². The van der Waals surface area contributed by atoms with Gasteiger partial charge in [-0.25, -0.2) is 8.42 Å².